The number of benzene rings is 1. The van der Waals surface area contributed by atoms with Gasteiger partial charge in [0.15, 0.2) is 17.0 Å². The molecule has 1 aliphatic rings. The van der Waals surface area contributed by atoms with E-state index in [1.165, 1.54) is 0 Å². The van der Waals surface area contributed by atoms with E-state index in [1.54, 1.807) is 18.5 Å². The molecular formula is C17H18ClN5O2. The Bertz CT molecular complexity index is 875. The van der Waals surface area contributed by atoms with Crippen LogP contribution < -0.4 is 5.32 Å². The summed E-state index contributed by atoms with van der Waals surface area (Å²) >= 11 is 6.12. The van der Waals surface area contributed by atoms with E-state index < -0.39 is 0 Å². The van der Waals surface area contributed by atoms with Gasteiger partial charge in [0.05, 0.1) is 6.33 Å². The van der Waals surface area contributed by atoms with Crippen LogP contribution in [0.15, 0.2) is 30.6 Å². The van der Waals surface area contributed by atoms with Crippen LogP contribution in [0.25, 0.3) is 11.2 Å². The third-order valence-electron chi connectivity index (χ3n) is 4.26. The number of rotatable bonds is 4. The van der Waals surface area contributed by atoms with Crippen LogP contribution in [0.5, 0.6) is 5.75 Å². The summed E-state index contributed by atoms with van der Waals surface area (Å²) in [4.78, 5) is 13.1. The molecule has 3 aromatic rings. The van der Waals surface area contributed by atoms with Gasteiger partial charge in [0.1, 0.15) is 12.0 Å². The monoisotopic (exact) mass is 359 g/mol. The highest BCUT2D eigenvalue weighted by Crippen LogP contribution is 2.28. The van der Waals surface area contributed by atoms with E-state index in [2.05, 4.69) is 20.3 Å². The first kappa shape index (κ1) is 16.1. The molecule has 25 heavy (non-hydrogen) atoms. The third kappa shape index (κ3) is 3.38. The molecule has 8 heteroatoms. The first-order valence-electron chi connectivity index (χ1n) is 8.24. The van der Waals surface area contributed by atoms with Crippen molar-refractivity contribution in [2.24, 2.45) is 0 Å². The molecule has 1 aromatic carbocycles. The molecule has 3 heterocycles. The fourth-order valence-electron chi connectivity index (χ4n) is 2.97. The van der Waals surface area contributed by atoms with Crippen molar-refractivity contribution in [3.05, 3.63) is 41.4 Å². The molecular weight excluding hydrogens is 342 g/mol. The second-order valence-electron chi connectivity index (χ2n) is 6.01. The summed E-state index contributed by atoms with van der Waals surface area (Å²) in [6, 6.07) is 6.98. The van der Waals surface area contributed by atoms with Gasteiger partial charge in [-0.05, 0) is 48.6 Å². The maximum atomic E-state index is 9.36. The summed E-state index contributed by atoms with van der Waals surface area (Å²) in [6.45, 7) is 1.28. The number of ether oxygens (including phenoxy) is 1. The highest BCUT2D eigenvalue weighted by atomic mass is 35.5. The lowest BCUT2D eigenvalue weighted by molar-refractivity contribution is -0.0298. The summed E-state index contributed by atoms with van der Waals surface area (Å²) < 4.78 is 7.75. The van der Waals surface area contributed by atoms with Crippen LogP contribution in [-0.2, 0) is 11.3 Å². The predicted octanol–water partition coefficient (Wildman–Crippen LogP) is 3.50. The van der Waals surface area contributed by atoms with E-state index >= 15 is 0 Å². The summed E-state index contributed by atoms with van der Waals surface area (Å²) in [7, 11) is 0. The van der Waals surface area contributed by atoms with Gasteiger partial charge in [0.2, 0.25) is 5.28 Å². The van der Waals surface area contributed by atoms with E-state index in [-0.39, 0.29) is 17.3 Å². The van der Waals surface area contributed by atoms with Gasteiger partial charge in [-0.2, -0.15) is 9.97 Å². The van der Waals surface area contributed by atoms with Crippen molar-refractivity contribution in [3.63, 3.8) is 0 Å². The van der Waals surface area contributed by atoms with Crippen LogP contribution in [0.1, 0.15) is 31.1 Å². The lowest BCUT2D eigenvalue weighted by atomic mass is 10.2. The summed E-state index contributed by atoms with van der Waals surface area (Å²) in [6.07, 6.45) is 4.81. The molecule has 0 amide bonds. The van der Waals surface area contributed by atoms with E-state index in [4.69, 9.17) is 16.3 Å². The van der Waals surface area contributed by atoms with Gasteiger partial charge in [-0.25, -0.2) is 4.98 Å². The van der Waals surface area contributed by atoms with Gasteiger partial charge in [-0.3, -0.25) is 4.57 Å². The lowest BCUT2D eigenvalue weighted by Crippen LogP contribution is -2.17. The first-order chi connectivity index (χ1) is 12.2. The number of nitrogens with zero attached hydrogens (tertiary/aromatic N) is 4. The topological polar surface area (TPSA) is 85.1 Å². The number of halogens is 1. The van der Waals surface area contributed by atoms with Crippen LogP contribution in [0.2, 0.25) is 5.28 Å². The van der Waals surface area contributed by atoms with Crippen molar-refractivity contribution < 1.29 is 9.84 Å². The lowest BCUT2D eigenvalue weighted by Gasteiger charge is -2.23. The van der Waals surface area contributed by atoms with Crippen molar-refractivity contribution in [2.45, 2.75) is 32.0 Å². The number of phenolic OH excluding ortho intramolecular Hbond substituents is 1. The average molecular weight is 360 g/mol. The van der Waals surface area contributed by atoms with Gasteiger partial charge in [0, 0.05) is 13.2 Å². The van der Waals surface area contributed by atoms with Crippen molar-refractivity contribution in [1.29, 1.82) is 0 Å². The number of nitrogens with one attached hydrogen (secondary N) is 1. The van der Waals surface area contributed by atoms with Gasteiger partial charge < -0.3 is 15.2 Å². The molecule has 0 bridgehead atoms. The first-order valence-corrected chi connectivity index (χ1v) is 8.62. The molecule has 4 rings (SSSR count). The molecule has 1 unspecified atom stereocenters. The molecule has 1 fully saturated rings. The molecule has 0 radical (unpaired) electrons. The number of hydrogen-bond donors (Lipinski definition) is 2. The minimum atomic E-state index is -0.0605. The Morgan fingerprint density at radius 2 is 2.08 bits per heavy atom. The van der Waals surface area contributed by atoms with E-state index in [1.807, 2.05) is 16.7 Å². The predicted molar refractivity (Wildman–Crippen MR) is 94.6 cm³/mol. The standard InChI is InChI=1S/C17H18ClN5O2/c18-17-21-15(19-9-11-4-6-12(24)7-5-11)14-16(22-17)23(10-20-14)13-3-1-2-8-25-13/h4-7,10,13,24H,1-3,8-9H2,(H,19,21,22). The van der Waals surface area contributed by atoms with Crippen molar-refractivity contribution in [2.75, 3.05) is 11.9 Å². The third-order valence-corrected chi connectivity index (χ3v) is 4.43. The molecule has 1 atom stereocenters. The number of phenols is 1. The SMILES string of the molecule is Oc1ccc(CNc2nc(Cl)nc3c2ncn3C2CCCCO2)cc1. The molecule has 1 aliphatic heterocycles. The summed E-state index contributed by atoms with van der Waals surface area (Å²) in [5, 5.41) is 12.8. The number of anilines is 1. The normalized spacial score (nSPS) is 17.7. The van der Waals surface area contributed by atoms with Gasteiger partial charge >= 0.3 is 0 Å². The molecule has 2 N–H and O–H groups in total. The Kier molecular flexibility index (Phi) is 4.42. The fourth-order valence-corrected chi connectivity index (χ4v) is 3.13. The Hall–Kier alpha value is -2.38. The molecule has 0 saturated carbocycles. The largest absolute Gasteiger partial charge is 0.508 e. The van der Waals surface area contributed by atoms with Crippen LogP contribution in [0.4, 0.5) is 5.82 Å². The van der Waals surface area contributed by atoms with E-state index in [9.17, 15) is 5.11 Å². The zero-order chi connectivity index (χ0) is 17.2. The van der Waals surface area contributed by atoms with Crippen LogP contribution >= 0.6 is 11.6 Å². The molecule has 2 aromatic heterocycles. The second-order valence-corrected chi connectivity index (χ2v) is 6.34. The Morgan fingerprint density at radius 1 is 1.24 bits per heavy atom. The molecule has 0 aliphatic carbocycles. The Balaban J connectivity index is 1.62. The highest BCUT2D eigenvalue weighted by Gasteiger charge is 2.21. The Morgan fingerprint density at radius 3 is 2.84 bits per heavy atom. The second kappa shape index (κ2) is 6.85. The molecule has 130 valence electrons. The quantitative estimate of drug-likeness (QED) is 0.693. The summed E-state index contributed by atoms with van der Waals surface area (Å²) in [5.41, 5.74) is 2.34. The van der Waals surface area contributed by atoms with Crippen molar-refractivity contribution in [3.8, 4) is 5.75 Å². The minimum Gasteiger partial charge on any atom is -0.508 e. The van der Waals surface area contributed by atoms with E-state index in [0.29, 0.717) is 23.5 Å². The zero-order valence-electron chi connectivity index (χ0n) is 13.5. The zero-order valence-corrected chi connectivity index (χ0v) is 14.3. The summed E-state index contributed by atoms with van der Waals surface area (Å²) in [5.74, 6) is 0.820. The smallest absolute Gasteiger partial charge is 0.226 e. The van der Waals surface area contributed by atoms with Crippen LogP contribution in [-0.4, -0.2) is 31.2 Å². The van der Waals surface area contributed by atoms with Gasteiger partial charge in [-0.15, -0.1) is 0 Å². The Labute approximate surface area is 149 Å². The van der Waals surface area contributed by atoms with Crippen molar-refractivity contribution in [1.82, 2.24) is 19.5 Å². The molecule has 1 saturated heterocycles. The van der Waals surface area contributed by atoms with Crippen LogP contribution in [0, 0.1) is 0 Å². The minimum absolute atomic E-state index is 0.0605. The van der Waals surface area contributed by atoms with E-state index in [0.717, 1.165) is 31.4 Å². The number of aromatic nitrogens is 4. The number of fused-ring (bicyclic) bond motifs is 1. The number of aromatic hydroxyl groups is 1. The van der Waals surface area contributed by atoms with Gasteiger partial charge in [-0.1, -0.05) is 12.1 Å². The maximum Gasteiger partial charge on any atom is 0.226 e. The average Bonchev–Trinajstić information content (AvgIpc) is 3.05. The fraction of sp³-hybridized carbons (Fsp3) is 0.353. The number of imidazole rings is 1. The van der Waals surface area contributed by atoms with Gasteiger partial charge in [0.25, 0.3) is 0 Å². The molecule has 7 nitrogen and oxygen atoms in total. The molecule has 0 spiro atoms. The number of hydrogen-bond acceptors (Lipinski definition) is 6. The van der Waals surface area contributed by atoms with Crippen molar-refractivity contribution >= 4 is 28.6 Å². The maximum absolute atomic E-state index is 9.36. The highest BCUT2D eigenvalue weighted by molar-refractivity contribution is 6.28. The van der Waals surface area contributed by atoms with Crippen LogP contribution in [0.3, 0.4) is 0 Å².